The van der Waals surface area contributed by atoms with E-state index in [1.54, 1.807) is 23.1 Å². The maximum absolute atomic E-state index is 13.3. The number of nitrogens with zero attached hydrogens (tertiary/aromatic N) is 4. The number of rotatable bonds is 4. The fraction of sp³-hybridized carbons (Fsp3) is 0.227. The van der Waals surface area contributed by atoms with Crippen LogP contribution in [0.3, 0.4) is 0 Å². The molecule has 1 aromatic carbocycles. The SMILES string of the molecule is N#Cc1cc(-c2ccc(F)cc2)c(OC2CCN(c3ccnc(C(F)(F)F)c3)C2)cn1. The minimum absolute atomic E-state index is 0.191. The lowest BCUT2D eigenvalue weighted by Crippen LogP contribution is -2.25. The van der Waals surface area contributed by atoms with E-state index >= 15 is 0 Å². The molecular formula is C22H16F4N4O. The first-order valence-corrected chi connectivity index (χ1v) is 9.44. The van der Waals surface area contributed by atoms with Gasteiger partial charge in [-0.2, -0.15) is 18.4 Å². The average molecular weight is 428 g/mol. The minimum Gasteiger partial charge on any atom is -0.486 e. The quantitative estimate of drug-likeness (QED) is 0.557. The maximum atomic E-state index is 13.3. The van der Waals surface area contributed by atoms with Gasteiger partial charge in [-0.05, 0) is 35.9 Å². The van der Waals surface area contributed by atoms with Crippen LogP contribution in [0.5, 0.6) is 5.75 Å². The Morgan fingerprint density at radius 3 is 2.58 bits per heavy atom. The predicted octanol–water partition coefficient (Wildman–Crippen LogP) is 4.83. The Morgan fingerprint density at radius 1 is 1.10 bits per heavy atom. The molecule has 0 bridgehead atoms. The number of aromatic nitrogens is 2. The van der Waals surface area contributed by atoms with Crippen molar-refractivity contribution in [3.05, 3.63) is 72.1 Å². The summed E-state index contributed by atoms with van der Waals surface area (Å²) in [6.07, 6.45) is -1.63. The van der Waals surface area contributed by atoms with E-state index in [0.717, 1.165) is 12.3 Å². The zero-order valence-electron chi connectivity index (χ0n) is 16.1. The molecule has 0 N–H and O–H groups in total. The summed E-state index contributed by atoms with van der Waals surface area (Å²) < 4.78 is 58.3. The van der Waals surface area contributed by atoms with Gasteiger partial charge in [-0.15, -0.1) is 0 Å². The lowest BCUT2D eigenvalue weighted by Gasteiger charge is -2.20. The van der Waals surface area contributed by atoms with Crippen LogP contribution in [0, 0.1) is 17.1 Å². The molecule has 0 aliphatic carbocycles. The Kier molecular flexibility index (Phi) is 5.46. The van der Waals surface area contributed by atoms with Gasteiger partial charge in [-0.1, -0.05) is 12.1 Å². The van der Waals surface area contributed by atoms with E-state index in [9.17, 15) is 17.6 Å². The molecule has 1 fully saturated rings. The summed E-state index contributed by atoms with van der Waals surface area (Å²) in [5, 5.41) is 9.16. The number of alkyl halides is 3. The van der Waals surface area contributed by atoms with Crippen molar-refractivity contribution in [2.24, 2.45) is 0 Å². The fourth-order valence-corrected chi connectivity index (χ4v) is 3.46. The van der Waals surface area contributed by atoms with Gasteiger partial charge in [-0.3, -0.25) is 4.98 Å². The first kappa shape index (κ1) is 20.6. The van der Waals surface area contributed by atoms with Crippen LogP contribution < -0.4 is 9.64 Å². The molecule has 3 heterocycles. The van der Waals surface area contributed by atoms with E-state index in [4.69, 9.17) is 10.00 Å². The van der Waals surface area contributed by atoms with Crippen molar-refractivity contribution < 1.29 is 22.3 Å². The number of hydrogen-bond donors (Lipinski definition) is 0. The molecule has 1 atom stereocenters. The molecule has 1 aliphatic heterocycles. The average Bonchev–Trinajstić information content (AvgIpc) is 3.23. The summed E-state index contributed by atoms with van der Waals surface area (Å²) in [7, 11) is 0. The van der Waals surface area contributed by atoms with Gasteiger partial charge < -0.3 is 9.64 Å². The van der Waals surface area contributed by atoms with Crippen molar-refractivity contribution in [2.45, 2.75) is 18.7 Å². The Balaban J connectivity index is 1.55. The van der Waals surface area contributed by atoms with Crippen molar-refractivity contribution in [2.75, 3.05) is 18.0 Å². The molecular weight excluding hydrogens is 412 g/mol. The van der Waals surface area contributed by atoms with Crippen LogP contribution in [0.25, 0.3) is 11.1 Å². The topological polar surface area (TPSA) is 62.0 Å². The molecule has 1 aliphatic rings. The second-order valence-electron chi connectivity index (χ2n) is 7.06. The van der Waals surface area contributed by atoms with Crippen LogP contribution in [0.15, 0.2) is 54.9 Å². The smallest absolute Gasteiger partial charge is 0.433 e. The Morgan fingerprint density at radius 2 is 1.87 bits per heavy atom. The van der Waals surface area contributed by atoms with Gasteiger partial charge in [0.2, 0.25) is 0 Å². The number of benzene rings is 1. The highest BCUT2D eigenvalue weighted by Gasteiger charge is 2.34. The third-order valence-electron chi connectivity index (χ3n) is 4.97. The molecule has 1 unspecified atom stereocenters. The largest absolute Gasteiger partial charge is 0.486 e. The Labute approximate surface area is 175 Å². The first-order chi connectivity index (χ1) is 14.8. The lowest BCUT2D eigenvalue weighted by atomic mass is 10.0. The van der Waals surface area contributed by atoms with E-state index in [1.807, 2.05) is 6.07 Å². The summed E-state index contributed by atoms with van der Waals surface area (Å²) in [5.74, 6) is 0.0333. The second-order valence-corrected chi connectivity index (χ2v) is 7.06. The molecule has 31 heavy (non-hydrogen) atoms. The Hall–Kier alpha value is -3.67. The minimum atomic E-state index is -4.51. The standard InChI is InChI=1S/C22H16F4N4O/c23-15-3-1-14(2-4-15)19-9-16(11-27)29-12-20(19)31-18-6-8-30(13-18)17-5-7-28-21(10-17)22(24,25)26/h1-5,7,9-10,12,18H,6,8,13H2. The van der Waals surface area contributed by atoms with Gasteiger partial charge in [0.1, 0.15) is 35.1 Å². The molecule has 4 rings (SSSR count). The molecule has 0 saturated carbocycles. The van der Waals surface area contributed by atoms with Crippen LogP contribution in [-0.4, -0.2) is 29.2 Å². The molecule has 9 heteroatoms. The van der Waals surface area contributed by atoms with Crippen LogP contribution in [0.4, 0.5) is 23.2 Å². The van der Waals surface area contributed by atoms with Gasteiger partial charge in [0.15, 0.2) is 0 Å². The van der Waals surface area contributed by atoms with Gasteiger partial charge >= 0.3 is 6.18 Å². The summed E-state index contributed by atoms with van der Waals surface area (Å²) >= 11 is 0. The van der Waals surface area contributed by atoms with Crippen molar-refractivity contribution in [1.82, 2.24) is 9.97 Å². The number of pyridine rings is 2. The maximum Gasteiger partial charge on any atom is 0.433 e. The monoisotopic (exact) mass is 428 g/mol. The van der Waals surface area contributed by atoms with E-state index < -0.39 is 11.9 Å². The normalized spacial score (nSPS) is 16.2. The van der Waals surface area contributed by atoms with E-state index in [0.29, 0.717) is 42.1 Å². The zero-order valence-corrected chi connectivity index (χ0v) is 16.1. The van der Waals surface area contributed by atoms with Crippen LogP contribution >= 0.6 is 0 Å². The van der Waals surface area contributed by atoms with Crippen molar-refractivity contribution in [3.63, 3.8) is 0 Å². The van der Waals surface area contributed by atoms with Gasteiger partial charge in [0.05, 0.1) is 12.7 Å². The highest BCUT2D eigenvalue weighted by atomic mass is 19.4. The lowest BCUT2D eigenvalue weighted by molar-refractivity contribution is -0.141. The molecule has 158 valence electrons. The highest BCUT2D eigenvalue weighted by molar-refractivity contribution is 5.71. The Bertz CT molecular complexity index is 1130. The van der Waals surface area contributed by atoms with Crippen molar-refractivity contribution in [3.8, 4) is 22.9 Å². The molecule has 0 amide bonds. The molecule has 0 spiro atoms. The third kappa shape index (κ3) is 4.58. The fourth-order valence-electron chi connectivity index (χ4n) is 3.46. The molecule has 3 aromatic rings. The number of hydrogen-bond acceptors (Lipinski definition) is 5. The second kappa shape index (κ2) is 8.22. The first-order valence-electron chi connectivity index (χ1n) is 9.44. The molecule has 2 aromatic heterocycles. The third-order valence-corrected chi connectivity index (χ3v) is 4.97. The number of ether oxygens (including phenoxy) is 1. The number of halogens is 4. The van der Waals surface area contributed by atoms with Crippen LogP contribution in [0.2, 0.25) is 0 Å². The van der Waals surface area contributed by atoms with Crippen LogP contribution in [-0.2, 0) is 6.18 Å². The van der Waals surface area contributed by atoms with Gasteiger partial charge in [0, 0.05) is 30.4 Å². The number of anilines is 1. The van der Waals surface area contributed by atoms with Crippen molar-refractivity contribution >= 4 is 5.69 Å². The predicted molar refractivity (Wildman–Crippen MR) is 105 cm³/mol. The summed E-state index contributed by atoms with van der Waals surface area (Å²) in [6.45, 7) is 0.895. The summed E-state index contributed by atoms with van der Waals surface area (Å²) in [6, 6.07) is 11.9. The molecule has 1 saturated heterocycles. The van der Waals surface area contributed by atoms with Gasteiger partial charge in [-0.25, -0.2) is 9.37 Å². The summed E-state index contributed by atoms with van der Waals surface area (Å²) in [4.78, 5) is 9.25. The van der Waals surface area contributed by atoms with Gasteiger partial charge in [0.25, 0.3) is 0 Å². The van der Waals surface area contributed by atoms with E-state index in [1.165, 1.54) is 24.4 Å². The number of nitriles is 1. The van der Waals surface area contributed by atoms with E-state index in [2.05, 4.69) is 9.97 Å². The zero-order chi connectivity index (χ0) is 22.0. The van der Waals surface area contributed by atoms with Crippen molar-refractivity contribution in [1.29, 1.82) is 5.26 Å². The van der Waals surface area contributed by atoms with E-state index in [-0.39, 0.29) is 17.6 Å². The summed E-state index contributed by atoms with van der Waals surface area (Å²) in [5.41, 5.74) is 0.924. The molecule has 0 radical (unpaired) electrons. The molecule has 5 nitrogen and oxygen atoms in total. The van der Waals surface area contributed by atoms with Crippen LogP contribution in [0.1, 0.15) is 17.8 Å². The highest BCUT2D eigenvalue weighted by Crippen LogP contribution is 2.34.